The molecule has 19 heavy (non-hydrogen) atoms. The lowest BCUT2D eigenvalue weighted by Gasteiger charge is -2.53. The fourth-order valence-electron chi connectivity index (χ4n) is 2.74. The van der Waals surface area contributed by atoms with E-state index in [2.05, 4.69) is 5.32 Å². The van der Waals surface area contributed by atoms with Gasteiger partial charge in [-0.15, -0.1) is 0 Å². The van der Waals surface area contributed by atoms with Crippen LogP contribution >= 0.6 is 0 Å². The Hall–Kier alpha value is -1.30. The van der Waals surface area contributed by atoms with Gasteiger partial charge in [0.15, 0.2) is 0 Å². The van der Waals surface area contributed by atoms with Gasteiger partial charge >= 0.3 is 6.18 Å². The molecule has 0 unspecified atom stereocenters. The van der Waals surface area contributed by atoms with Gasteiger partial charge in [0.25, 0.3) is 0 Å². The van der Waals surface area contributed by atoms with Crippen LogP contribution in [0.3, 0.4) is 0 Å². The van der Waals surface area contributed by atoms with Crippen LogP contribution in [0.25, 0.3) is 0 Å². The van der Waals surface area contributed by atoms with E-state index in [1.807, 2.05) is 0 Å². The molecule has 0 amide bonds. The number of ether oxygens (including phenoxy) is 1. The summed E-state index contributed by atoms with van der Waals surface area (Å²) in [7, 11) is 0. The third-order valence-electron chi connectivity index (χ3n) is 3.82. The van der Waals surface area contributed by atoms with Crippen LogP contribution in [0.15, 0.2) is 18.2 Å². The van der Waals surface area contributed by atoms with Gasteiger partial charge in [0.2, 0.25) is 0 Å². The van der Waals surface area contributed by atoms with E-state index in [1.165, 1.54) is 0 Å². The number of halogens is 4. The number of hydrogen-bond donors (Lipinski definition) is 1. The lowest BCUT2D eigenvalue weighted by atomic mass is 9.63. The average molecular weight is 275 g/mol. The summed E-state index contributed by atoms with van der Waals surface area (Å²) in [6.07, 6.45) is -3.03. The zero-order valence-electron chi connectivity index (χ0n) is 10.1. The van der Waals surface area contributed by atoms with Gasteiger partial charge in [-0.05, 0) is 25.0 Å². The molecule has 1 saturated heterocycles. The molecule has 1 aromatic carbocycles. The van der Waals surface area contributed by atoms with Gasteiger partial charge < -0.3 is 10.1 Å². The van der Waals surface area contributed by atoms with Crippen molar-refractivity contribution < 1.29 is 22.3 Å². The first kappa shape index (κ1) is 12.7. The van der Waals surface area contributed by atoms with Crippen molar-refractivity contribution in [3.05, 3.63) is 29.6 Å². The largest absolute Gasteiger partial charge is 0.490 e. The van der Waals surface area contributed by atoms with E-state index in [4.69, 9.17) is 4.74 Å². The van der Waals surface area contributed by atoms with E-state index >= 15 is 0 Å². The zero-order valence-corrected chi connectivity index (χ0v) is 10.1. The lowest BCUT2D eigenvalue weighted by Crippen LogP contribution is -2.62. The van der Waals surface area contributed by atoms with Crippen molar-refractivity contribution in [1.82, 2.24) is 5.32 Å². The zero-order chi connectivity index (χ0) is 13.7. The smallest absolute Gasteiger partial charge is 0.416 e. The molecule has 2 nitrogen and oxygen atoms in total. The van der Waals surface area contributed by atoms with Crippen LogP contribution in [0.5, 0.6) is 5.75 Å². The fourth-order valence-corrected chi connectivity index (χ4v) is 2.74. The summed E-state index contributed by atoms with van der Waals surface area (Å²) in [4.78, 5) is 0. The second-order valence-electron chi connectivity index (χ2n) is 5.43. The van der Waals surface area contributed by atoms with Crippen molar-refractivity contribution in [1.29, 1.82) is 0 Å². The second-order valence-corrected chi connectivity index (χ2v) is 5.43. The number of hydrogen-bond acceptors (Lipinski definition) is 2. The highest BCUT2D eigenvalue weighted by molar-refractivity contribution is 5.31. The third kappa shape index (κ3) is 2.41. The Bertz CT molecular complexity index is 488. The van der Waals surface area contributed by atoms with E-state index in [1.54, 1.807) is 0 Å². The van der Waals surface area contributed by atoms with Crippen LogP contribution < -0.4 is 10.1 Å². The van der Waals surface area contributed by atoms with E-state index < -0.39 is 17.6 Å². The van der Waals surface area contributed by atoms with E-state index in [9.17, 15) is 17.6 Å². The van der Waals surface area contributed by atoms with Gasteiger partial charge in [-0.1, -0.05) is 0 Å². The Morgan fingerprint density at radius 2 is 1.84 bits per heavy atom. The van der Waals surface area contributed by atoms with Crippen molar-refractivity contribution in [2.45, 2.75) is 25.1 Å². The number of rotatable bonds is 2. The molecule has 104 valence electrons. The molecule has 1 N–H and O–H groups in total. The Morgan fingerprint density at radius 1 is 1.16 bits per heavy atom. The molecule has 0 aromatic heterocycles. The molecule has 1 aromatic rings. The minimum Gasteiger partial charge on any atom is -0.490 e. The molecule has 0 radical (unpaired) electrons. The van der Waals surface area contributed by atoms with Crippen LogP contribution in [-0.2, 0) is 6.18 Å². The van der Waals surface area contributed by atoms with Crippen molar-refractivity contribution in [2.24, 2.45) is 5.41 Å². The summed E-state index contributed by atoms with van der Waals surface area (Å²) in [5.74, 6) is -0.969. The van der Waals surface area contributed by atoms with E-state index in [0.717, 1.165) is 38.1 Å². The molecule has 1 aliphatic carbocycles. The minimum atomic E-state index is -4.56. The molecule has 2 aliphatic rings. The highest BCUT2D eigenvalue weighted by atomic mass is 19.4. The van der Waals surface area contributed by atoms with Gasteiger partial charge in [-0.25, -0.2) is 4.39 Å². The molecule has 0 bridgehead atoms. The van der Waals surface area contributed by atoms with Crippen LogP contribution in [0.1, 0.15) is 18.4 Å². The Kier molecular flexibility index (Phi) is 2.74. The minimum absolute atomic E-state index is 0.0422. The molecule has 6 heteroatoms. The lowest BCUT2D eigenvalue weighted by molar-refractivity contribution is -0.138. The topological polar surface area (TPSA) is 21.3 Å². The summed E-state index contributed by atoms with van der Waals surface area (Å²) in [5, 5.41) is 3.16. The van der Waals surface area contributed by atoms with Crippen LogP contribution in [0.2, 0.25) is 0 Å². The highest BCUT2D eigenvalue weighted by Gasteiger charge is 2.49. The summed E-state index contributed by atoms with van der Waals surface area (Å²) >= 11 is 0. The maximum Gasteiger partial charge on any atom is 0.416 e. The van der Waals surface area contributed by atoms with Crippen molar-refractivity contribution >= 4 is 0 Å². The molecular weight excluding hydrogens is 262 g/mol. The fraction of sp³-hybridized carbons (Fsp3) is 0.538. The van der Waals surface area contributed by atoms with Gasteiger partial charge in [0, 0.05) is 24.6 Å². The first-order valence-electron chi connectivity index (χ1n) is 6.12. The monoisotopic (exact) mass is 275 g/mol. The Morgan fingerprint density at radius 3 is 2.37 bits per heavy atom. The molecule has 1 aliphatic heterocycles. The quantitative estimate of drug-likeness (QED) is 0.838. The van der Waals surface area contributed by atoms with Gasteiger partial charge in [-0.2, -0.15) is 13.2 Å². The van der Waals surface area contributed by atoms with Crippen molar-refractivity contribution in [2.75, 3.05) is 13.1 Å². The highest BCUT2D eigenvalue weighted by Crippen LogP contribution is 2.46. The first-order chi connectivity index (χ1) is 8.86. The second kappa shape index (κ2) is 4.10. The molecule has 1 heterocycles. The summed E-state index contributed by atoms with van der Waals surface area (Å²) in [5.41, 5.74) is -0.743. The van der Waals surface area contributed by atoms with Gasteiger partial charge in [0.1, 0.15) is 11.6 Å². The molecule has 1 saturated carbocycles. The van der Waals surface area contributed by atoms with Crippen LogP contribution in [0.4, 0.5) is 17.6 Å². The van der Waals surface area contributed by atoms with E-state index in [0.29, 0.717) is 6.07 Å². The van der Waals surface area contributed by atoms with Gasteiger partial charge in [-0.3, -0.25) is 0 Å². The standard InChI is InChI=1S/C13H13F4NO/c14-9-1-8(13(15,16)17)2-10(3-9)19-11-4-12(5-11)6-18-7-12/h1-3,11,18H,4-7H2. The predicted octanol–water partition coefficient (Wildman–Crippen LogP) is 2.98. The summed E-state index contributed by atoms with van der Waals surface area (Å²) < 4.78 is 56.2. The summed E-state index contributed by atoms with van der Waals surface area (Å²) in [6, 6.07) is 2.33. The third-order valence-corrected chi connectivity index (χ3v) is 3.82. The van der Waals surface area contributed by atoms with Crippen molar-refractivity contribution in [3.8, 4) is 5.75 Å². The van der Waals surface area contributed by atoms with Gasteiger partial charge in [0.05, 0.1) is 11.7 Å². The Labute approximate surface area is 107 Å². The molecular formula is C13H13F4NO. The SMILES string of the molecule is Fc1cc(OC2CC3(CNC3)C2)cc(C(F)(F)F)c1. The first-order valence-corrected chi connectivity index (χ1v) is 6.12. The maximum absolute atomic E-state index is 13.2. The predicted molar refractivity (Wildman–Crippen MR) is 60.4 cm³/mol. The number of alkyl halides is 3. The Balaban J connectivity index is 1.69. The average Bonchev–Trinajstić information content (AvgIpc) is 2.18. The van der Waals surface area contributed by atoms with E-state index in [-0.39, 0.29) is 17.3 Å². The molecule has 3 rings (SSSR count). The normalized spacial score (nSPS) is 21.9. The molecule has 1 spiro atoms. The molecule has 0 atom stereocenters. The maximum atomic E-state index is 13.2. The number of benzene rings is 1. The number of nitrogens with one attached hydrogen (secondary N) is 1. The molecule has 2 fully saturated rings. The van der Waals surface area contributed by atoms with Crippen LogP contribution in [-0.4, -0.2) is 19.2 Å². The summed E-state index contributed by atoms with van der Waals surface area (Å²) in [6.45, 7) is 1.87. The van der Waals surface area contributed by atoms with Crippen molar-refractivity contribution in [3.63, 3.8) is 0 Å². The van der Waals surface area contributed by atoms with Crippen LogP contribution in [0, 0.1) is 11.2 Å².